The maximum atomic E-state index is 12.5. The van der Waals surface area contributed by atoms with Crippen LogP contribution in [0.15, 0.2) is 6.20 Å². The normalized spacial score (nSPS) is 10.9. The second kappa shape index (κ2) is 4.30. The second-order valence-electron chi connectivity index (χ2n) is 2.72. The molecular formula is C8H11F2N3O. The van der Waals surface area contributed by atoms with Gasteiger partial charge in [0.15, 0.2) is 0 Å². The third kappa shape index (κ3) is 1.80. The van der Waals surface area contributed by atoms with E-state index < -0.39 is 13.0 Å². The summed E-state index contributed by atoms with van der Waals surface area (Å²) in [6, 6.07) is 0. The Hall–Kier alpha value is -1.27. The predicted octanol–water partition coefficient (Wildman–Crippen LogP) is 0.552. The van der Waals surface area contributed by atoms with Gasteiger partial charge < -0.3 is 16.6 Å². The van der Waals surface area contributed by atoms with Gasteiger partial charge in [0.1, 0.15) is 0 Å². The van der Waals surface area contributed by atoms with Gasteiger partial charge in [-0.2, -0.15) is 0 Å². The third-order valence-electron chi connectivity index (χ3n) is 1.91. The van der Waals surface area contributed by atoms with Crippen LogP contribution in [0.2, 0.25) is 0 Å². The molecule has 0 aromatic carbocycles. The molecular weight excluding hydrogens is 192 g/mol. The lowest BCUT2D eigenvalue weighted by molar-refractivity contribution is 0.147. The van der Waals surface area contributed by atoms with Crippen molar-refractivity contribution >= 4 is 5.69 Å². The number of aliphatic hydroxyl groups is 1. The average molecular weight is 203 g/mol. The minimum Gasteiger partial charge on any atom is -0.397 e. The Morgan fingerprint density at radius 3 is 2.57 bits per heavy atom. The number of pyridine rings is 1. The van der Waals surface area contributed by atoms with Gasteiger partial charge in [0.25, 0.3) is 6.43 Å². The molecule has 1 rings (SSSR count). The Balaban J connectivity index is 3.31. The van der Waals surface area contributed by atoms with Gasteiger partial charge >= 0.3 is 0 Å². The number of alkyl halides is 2. The highest BCUT2D eigenvalue weighted by Gasteiger charge is 2.18. The first-order valence-corrected chi connectivity index (χ1v) is 3.97. The molecule has 0 atom stereocenters. The van der Waals surface area contributed by atoms with E-state index in [9.17, 15) is 8.78 Å². The van der Waals surface area contributed by atoms with Crippen LogP contribution in [0.4, 0.5) is 14.5 Å². The highest BCUT2D eigenvalue weighted by molar-refractivity contribution is 5.54. The first-order valence-electron chi connectivity index (χ1n) is 3.97. The number of halogens is 2. The van der Waals surface area contributed by atoms with E-state index in [1.807, 2.05) is 0 Å². The molecule has 0 amide bonds. The molecule has 1 aromatic rings. The van der Waals surface area contributed by atoms with Crippen LogP contribution >= 0.6 is 0 Å². The zero-order chi connectivity index (χ0) is 10.7. The molecule has 1 aromatic heterocycles. The number of hydrogen-bond donors (Lipinski definition) is 3. The molecule has 5 N–H and O–H groups in total. The molecule has 4 nitrogen and oxygen atoms in total. The van der Waals surface area contributed by atoms with Gasteiger partial charge in [0.2, 0.25) is 0 Å². The van der Waals surface area contributed by atoms with Crippen LogP contribution in [0.3, 0.4) is 0 Å². The van der Waals surface area contributed by atoms with E-state index >= 15 is 0 Å². The summed E-state index contributed by atoms with van der Waals surface area (Å²) in [5, 5.41) is 8.80. The zero-order valence-electron chi connectivity index (χ0n) is 7.37. The molecule has 0 unspecified atom stereocenters. The molecule has 0 bridgehead atoms. The smallest absolute Gasteiger partial charge is 0.266 e. The molecule has 0 saturated heterocycles. The summed E-state index contributed by atoms with van der Waals surface area (Å²) in [6.45, 7) is -0.515. The van der Waals surface area contributed by atoms with Crippen molar-refractivity contribution in [3.8, 4) is 0 Å². The van der Waals surface area contributed by atoms with Crippen molar-refractivity contribution in [1.29, 1.82) is 0 Å². The van der Waals surface area contributed by atoms with Gasteiger partial charge in [-0.1, -0.05) is 0 Å². The number of anilines is 1. The predicted molar refractivity (Wildman–Crippen MR) is 47.4 cm³/mol. The number of rotatable bonds is 3. The minimum absolute atomic E-state index is 0.00272. The molecule has 14 heavy (non-hydrogen) atoms. The molecule has 0 spiro atoms. The van der Waals surface area contributed by atoms with E-state index in [4.69, 9.17) is 16.6 Å². The fourth-order valence-corrected chi connectivity index (χ4v) is 1.17. The van der Waals surface area contributed by atoms with Crippen LogP contribution in [0.25, 0.3) is 0 Å². The first-order chi connectivity index (χ1) is 6.61. The van der Waals surface area contributed by atoms with Gasteiger partial charge in [-0.3, -0.25) is 4.98 Å². The van der Waals surface area contributed by atoms with Crippen LogP contribution in [0.5, 0.6) is 0 Å². The van der Waals surface area contributed by atoms with Crippen molar-refractivity contribution in [2.45, 2.75) is 19.6 Å². The summed E-state index contributed by atoms with van der Waals surface area (Å²) in [5.41, 5.74) is 10.5. The Labute approximate surface area is 79.6 Å². The van der Waals surface area contributed by atoms with Crippen LogP contribution in [0, 0.1) is 0 Å². The van der Waals surface area contributed by atoms with Crippen molar-refractivity contribution in [1.82, 2.24) is 4.98 Å². The van der Waals surface area contributed by atoms with Crippen LogP contribution in [0.1, 0.15) is 23.2 Å². The fraction of sp³-hybridized carbons (Fsp3) is 0.375. The Kier molecular flexibility index (Phi) is 3.32. The topological polar surface area (TPSA) is 85.2 Å². The highest BCUT2D eigenvalue weighted by atomic mass is 19.3. The quantitative estimate of drug-likeness (QED) is 0.669. The monoisotopic (exact) mass is 203 g/mol. The second-order valence-corrected chi connectivity index (χ2v) is 2.72. The minimum atomic E-state index is -2.73. The lowest BCUT2D eigenvalue weighted by atomic mass is 10.1. The summed E-state index contributed by atoms with van der Waals surface area (Å²) < 4.78 is 25.1. The van der Waals surface area contributed by atoms with Crippen LogP contribution in [-0.4, -0.2) is 10.1 Å². The molecule has 0 saturated carbocycles. The van der Waals surface area contributed by atoms with Gasteiger partial charge in [0, 0.05) is 23.9 Å². The lowest BCUT2D eigenvalue weighted by Crippen LogP contribution is -2.10. The molecule has 0 radical (unpaired) electrons. The van der Waals surface area contributed by atoms with E-state index in [-0.39, 0.29) is 29.1 Å². The zero-order valence-corrected chi connectivity index (χ0v) is 7.37. The molecule has 6 heteroatoms. The van der Waals surface area contributed by atoms with Crippen molar-refractivity contribution < 1.29 is 13.9 Å². The van der Waals surface area contributed by atoms with Gasteiger partial charge in [-0.15, -0.1) is 0 Å². The maximum absolute atomic E-state index is 12.5. The van der Waals surface area contributed by atoms with E-state index in [1.165, 1.54) is 6.20 Å². The standard InChI is InChI=1S/C8H11F2N3O/c9-8(10)6-4(3-14)2-13-5(1-11)7(6)12/h2,8,14H,1,3,11-12H2. The molecule has 0 aliphatic carbocycles. The number of aromatic nitrogens is 1. The summed E-state index contributed by atoms with van der Waals surface area (Å²) in [7, 11) is 0. The first kappa shape index (κ1) is 10.8. The van der Waals surface area contributed by atoms with Crippen LogP contribution in [-0.2, 0) is 13.2 Å². The van der Waals surface area contributed by atoms with Crippen molar-refractivity contribution in [2.75, 3.05) is 5.73 Å². The number of aliphatic hydroxyl groups excluding tert-OH is 1. The Bertz CT molecular complexity index is 331. The molecule has 1 heterocycles. The molecule has 0 aliphatic rings. The maximum Gasteiger partial charge on any atom is 0.266 e. The average Bonchev–Trinajstić information content (AvgIpc) is 2.16. The number of nitrogens with two attached hydrogens (primary N) is 2. The molecule has 78 valence electrons. The van der Waals surface area contributed by atoms with Crippen molar-refractivity contribution in [2.24, 2.45) is 5.73 Å². The van der Waals surface area contributed by atoms with E-state index in [2.05, 4.69) is 4.98 Å². The van der Waals surface area contributed by atoms with Gasteiger partial charge in [0.05, 0.1) is 18.0 Å². The number of hydrogen-bond acceptors (Lipinski definition) is 4. The summed E-state index contributed by atoms with van der Waals surface area (Å²) >= 11 is 0. The third-order valence-corrected chi connectivity index (χ3v) is 1.91. The lowest BCUT2D eigenvalue weighted by Gasteiger charge is -2.12. The van der Waals surface area contributed by atoms with Gasteiger partial charge in [-0.25, -0.2) is 8.78 Å². The van der Waals surface area contributed by atoms with Crippen molar-refractivity contribution in [3.63, 3.8) is 0 Å². The largest absolute Gasteiger partial charge is 0.397 e. The Morgan fingerprint density at radius 1 is 1.50 bits per heavy atom. The van der Waals surface area contributed by atoms with Crippen molar-refractivity contribution in [3.05, 3.63) is 23.0 Å². The van der Waals surface area contributed by atoms with E-state index in [0.29, 0.717) is 0 Å². The van der Waals surface area contributed by atoms with Crippen LogP contribution < -0.4 is 11.5 Å². The molecule has 0 fully saturated rings. The highest BCUT2D eigenvalue weighted by Crippen LogP contribution is 2.29. The number of nitrogens with zero attached hydrogens (tertiary/aromatic N) is 1. The van der Waals surface area contributed by atoms with Gasteiger partial charge in [-0.05, 0) is 0 Å². The molecule has 0 aliphatic heterocycles. The SMILES string of the molecule is NCc1ncc(CO)c(C(F)F)c1N. The summed E-state index contributed by atoms with van der Waals surface area (Å²) in [5.74, 6) is 0. The summed E-state index contributed by atoms with van der Waals surface area (Å²) in [6.07, 6.45) is -1.56. The van der Waals surface area contributed by atoms with E-state index in [1.54, 1.807) is 0 Å². The fourth-order valence-electron chi connectivity index (χ4n) is 1.17. The summed E-state index contributed by atoms with van der Waals surface area (Å²) in [4.78, 5) is 3.77. The van der Waals surface area contributed by atoms with E-state index in [0.717, 1.165) is 0 Å². The number of nitrogen functional groups attached to an aromatic ring is 1. The Morgan fingerprint density at radius 2 is 2.14 bits per heavy atom.